The maximum atomic E-state index is 12.7. The molecular weight excluding hydrogens is 538 g/mol. The van der Waals surface area contributed by atoms with Crippen molar-refractivity contribution < 1.29 is 52.3 Å². The Balaban J connectivity index is 2.90. The van der Waals surface area contributed by atoms with Gasteiger partial charge in [-0.25, -0.2) is 14.4 Å². The molecule has 12 heteroatoms. The molecule has 0 aliphatic heterocycles. The van der Waals surface area contributed by atoms with E-state index in [0.717, 1.165) is 0 Å². The molecule has 0 aromatic heterocycles. The molecule has 0 spiro atoms. The summed E-state index contributed by atoms with van der Waals surface area (Å²) in [6.07, 6.45) is -3.86. The van der Waals surface area contributed by atoms with E-state index >= 15 is 0 Å². The zero-order valence-electron chi connectivity index (χ0n) is 25.5. The highest BCUT2D eigenvalue weighted by Crippen LogP contribution is 2.30. The first-order chi connectivity index (χ1) is 19.0. The highest BCUT2D eigenvalue weighted by Gasteiger charge is 2.28. The summed E-state index contributed by atoms with van der Waals surface area (Å²) in [6.45, 7) is 16.2. The first-order valence-corrected chi connectivity index (χ1v) is 13.7. The lowest BCUT2D eigenvalue weighted by Gasteiger charge is -2.26. The zero-order chi connectivity index (χ0) is 31.3. The van der Waals surface area contributed by atoms with Crippen LogP contribution in [0.5, 0.6) is 11.5 Å². The molecule has 0 saturated carbocycles. The molecular formula is C29H45NO11. The normalized spacial score (nSPS) is 13.6. The van der Waals surface area contributed by atoms with Gasteiger partial charge in [0.05, 0.1) is 13.2 Å². The molecule has 0 heterocycles. The van der Waals surface area contributed by atoms with Gasteiger partial charge in [-0.2, -0.15) is 0 Å². The maximum absolute atomic E-state index is 12.7. The molecule has 41 heavy (non-hydrogen) atoms. The number of hydrogen-bond donors (Lipinski definition) is 1. The van der Waals surface area contributed by atoms with Crippen LogP contribution < -0.4 is 15.2 Å². The Hall–Kier alpha value is -3.54. The van der Waals surface area contributed by atoms with Crippen molar-refractivity contribution in [1.29, 1.82) is 0 Å². The van der Waals surface area contributed by atoms with Crippen LogP contribution >= 0.6 is 0 Å². The Morgan fingerprint density at radius 3 is 1.80 bits per heavy atom. The molecule has 12 nitrogen and oxygen atoms in total. The van der Waals surface area contributed by atoms with Gasteiger partial charge in [-0.3, -0.25) is 4.79 Å². The van der Waals surface area contributed by atoms with Crippen molar-refractivity contribution in [3.05, 3.63) is 23.8 Å². The smallest absolute Gasteiger partial charge is 0.458 e. The summed E-state index contributed by atoms with van der Waals surface area (Å²) >= 11 is 0. The summed E-state index contributed by atoms with van der Waals surface area (Å²) in [4.78, 5) is 49.0. The van der Waals surface area contributed by atoms with Crippen LogP contribution in [0.3, 0.4) is 0 Å². The van der Waals surface area contributed by atoms with Gasteiger partial charge in [-0.05, 0) is 70.1 Å². The second kappa shape index (κ2) is 16.7. The summed E-state index contributed by atoms with van der Waals surface area (Å²) in [6, 6.07) is 3.22. The average Bonchev–Trinajstić information content (AvgIpc) is 2.87. The van der Waals surface area contributed by atoms with Crippen molar-refractivity contribution in [2.24, 2.45) is 17.6 Å². The Labute approximate surface area is 242 Å². The highest BCUT2D eigenvalue weighted by atomic mass is 16.8. The second-order valence-corrected chi connectivity index (χ2v) is 11.1. The topological polar surface area (TPSA) is 159 Å². The fourth-order valence-electron chi connectivity index (χ4n) is 2.82. The molecule has 0 aliphatic carbocycles. The van der Waals surface area contributed by atoms with Gasteiger partial charge in [0.2, 0.25) is 0 Å². The van der Waals surface area contributed by atoms with E-state index in [2.05, 4.69) is 0 Å². The molecule has 0 radical (unpaired) electrons. The number of benzene rings is 1. The number of carbonyl (C=O) groups excluding carboxylic acids is 4. The van der Waals surface area contributed by atoms with Crippen LogP contribution in [0, 0.1) is 11.8 Å². The van der Waals surface area contributed by atoms with Gasteiger partial charge < -0.3 is 38.9 Å². The van der Waals surface area contributed by atoms with E-state index in [4.69, 9.17) is 38.9 Å². The van der Waals surface area contributed by atoms with E-state index in [1.54, 1.807) is 33.8 Å². The number of ether oxygens (including phenoxy) is 7. The average molecular weight is 584 g/mol. The van der Waals surface area contributed by atoms with Crippen molar-refractivity contribution in [3.8, 4) is 11.5 Å². The third-order valence-electron chi connectivity index (χ3n) is 5.68. The molecule has 2 N–H and O–H groups in total. The van der Waals surface area contributed by atoms with Gasteiger partial charge in [0.25, 0.3) is 0 Å². The highest BCUT2D eigenvalue weighted by molar-refractivity contribution is 5.76. The van der Waals surface area contributed by atoms with Gasteiger partial charge in [-0.1, -0.05) is 40.7 Å². The third-order valence-corrected chi connectivity index (χ3v) is 5.68. The fraction of sp³-hybridized carbons (Fsp3) is 0.655. The number of hydrogen-bond acceptors (Lipinski definition) is 12. The van der Waals surface area contributed by atoms with E-state index in [1.165, 1.54) is 12.1 Å². The fourth-order valence-corrected chi connectivity index (χ4v) is 2.82. The van der Waals surface area contributed by atoms with Crippen LogP contribution in [0.1, 0.15) is 74.3 Å². The number of esters is 1. The summed E-state index contributed by atoms with van der Waals surface area (Å²) in [5.41, 5.74) is 5.86. The minimum atomic E-state index is -1.11. The van der Waals surface area contributed by atoms with Crippen LogP contribution in [-0.4, -0.2) is 61.5 Å². The van der Waals surface area contributed by atoms with Crippen molar-refractivity contribution in [3.63, 3.8) is 0 Å². The van der Waals surface area contributed by atoms with Crippen molar-refractivity contribution >= 4 is 24.4 Å². The second-order valence-electron chi connectivity index (χ2n) is 11.1. The minimum Gasteiger partial charge on any atom is -0.458 e. The predicted octanol–water partition coefficient (Wildman–Crippen LogP) is 5.56. The Bertz CT molecular complexity index is 1020. The Morgan fingerprint density at radius 1 is 0.780 bits per heavy atom. The first kappa shape index (κ1) is 35.5. The molecule has 0 fully saturated rings. The van der Waals surface area contributed by atoms with Crippen LogP contribution in [0.4, 0.5) is 14.4 Å². The van der Waals surface area contributed by atoms with Crippen LogP contribution in [0.15, 0.2) is 18.2 Å². The molecule has 3 atom stereocenters. The minimum absolute atomic E-state index is 0.0109. The van der Waals surface area contributed by atoms with Gasteiger partial charge in [-0.15, -0.1) is 0 Å². The molecule has 0 aliphatic rings. The number of rotatable bonds is 14. The van der Waals surface area contributed by atoms with E-state index in [1.807, 2.05) is 34.6 Å². The molecule has 0 saturated heterocycles. The maximum Gasteiger partial charge on any atom is 0.513 e. The van der Waals surface area contributed by atoms with E-state index in [9.17, 15) is 19.2 Å². The quantitative estimate of drug-likeness (QED) is 0.165. The lowest BCUT2D eigenvalue weighted by Crippen LogP contribution is -2.40. The molecule has 0 amide bonds. The predicted molar refractivity (Wildman–Crippen MR) is 149 cm³/mol. The molecule has 0 bridgehead atoms. The van der Waals surface area contributed by atoms with E-state index in [-0.39, 0.29) is 43.0 Å². The Kier molecular flexibility index (Phi) is 14.4. The SMILES string of the molecule is CCC(C)(C)OC(=O)OC(C)[C@H](C)OC(=O)[C@@H](N)Cc1ccc(OC(=O)OCC(C)C)c(OC(=O)OCC(C)C)c1. The van der Waals surface area contributed by atoms with Crippen LogP contribution in [0.25, 0.3) is 0 Å². The van der Waals surface area contributed by atoms with Crippen molar-refractivity contribution in [1.82, 2.24) is 0 Å². The molecule has 1 rings (SSSR count). The molecule has 1 aromatic rings. The summed E-state index contributed by atoms with van der Waals surface area (Å²) in [5.74, 6) is -0.789. The van der Waals surface area contributed by atoms with Crippen LogP contribution in [-0.2, 0) is 34.9 Å². The van der Waals surface area contributed by atoms with Gasteiger partial charge in [0.15, 0.2) is 11.5 Å². The van der Waals surface area contributed by atoms with E-state index < -0.39 is 48.3 Å². The van der Waals surface area contributed by atoms with Crippen molar-refractivity contribution in [2.45, 2.75) is 99.0 Å². The summed E-state index contributed by atoms with van der Waals surface area (Å²) < 4.78 is 36.4. The van der Waals surface area contributed by atoms with Gasteiger partial charge in [0.1, 0.15) is 23.9 Å². The standard InChI is InChI=1S/C29H45NO11/c1-10-29(8,9)41-28(34)38-20(7)19(6)37-25(31)22(30)13-21-11-12-23(39-26(32)35-15-17(2)3)24(14-21)40-27(33)36-16-18(4)5/h11-12,14,17-20,22H,10,13,15-16,30H2,1-9H3/t19-,20?,22-/m0/s1. The molecule has 1 aromatic carbocycles. The lowest BCUT2D eigenvalue weighted by molar-refractivity contribution is -0.156. The van der Waals surface area contributed by atoms with Crippen molar-refractivity contribution in [2.75, 3.05) is 13.2 Å². The monoisotopic (exact) mass is 583 g/mol. The lowest BCUT2D eigenvalue weighted by atomic mass is 10.1. The van der Waals surface area contributed by atoms with Gasteiger partial charge >= 0.3 is 24.4 Å². The number of nitrogens with two attached hydrogens (primary N) is 1. The summed E-state index contributed by atoms with van der Waals surface area (Å²) in [7, 11) is 0. The molecule has 1 unspecified atom stereocenters. The molecule has 232 valence electrons. The van der Waals surface area contributed by atoms with E-state index in [0.29, 0.717) is 12.0 Å². The third kappa shape index (κ3) is 14.1. The van der Waals surface area contributed by atoms with Crippen LogP contribution in [0.2, 0.25) is 0 Å². The Morgan fingerprint density at radius 2 is 1.29 bits per heavy atom. The van der Waals surface area contributed by atoms with Gasteiger partial charge in [0, 0.05) is 0 Å². The zero-order valence-corrected chi connectivity index (χ0v) is 25.5. The summed E-state index contributed by atoms with van der Waals surface area (Å²) in [5, 5.41) is 0. The first-order valence-electron chi connectivity index (χ1n) is 13.7. The number of carbonyl (C=O) groups is 4. The largest absolute Gasteiger partial charge is 0.513 e.